The molecule has 0 aromatic heterocycles. The number of carboxylic acids is 1. The second-order valence-corrected chi connectivity index (χ2v) is 4.86. The van der Waals surface area contributed by atoms with Crippen molar-refractivity contribution in [2.45, 2.75) is 12.2 Å². The number of aliphatic carboxylic acids is 1. The van der Waals surface area contributed by atoms with Crippen molar-refractivity contribution in [3.63, 3.8) is 0 Å². The van der Waals surface area contributed by atoms with Crippen LogP contribution in [-0.4, -0.2) is 36.5 Å². The molecule has 0 aliphatic carbocycles. The molecule has 0 spiro atoms. The van der Waals surface area contributed by atoms with Gasteiger partial charge < -0.3 is 15.2 Å². The lowest BCUT2D eigenvalue weighted by Gasteiger charge is -2.07. The first-order valence-electron chi connectivity index (χ1n) is 5.79. The Morgan fingerprint density at radius 2 is 2.21 bits per heavy atom. The van der Waals surface area contributed by atoms with Crippen molar-refractivity contribution in [3.05, 3.63) is 29.8 Å². The van der Waals surface area contributed by atoms with Crippen LogP contribution in [0.25, 0.3) is 0 Å². The Morgan fingerprint density at radius 1 is 1.42 bits per heavy atom. The van der Waals surface area contributed by atoms with E-state index in [1.807, 2.05) is 18.2 Å². The Hall–Kier alpha value is -1.53. The number of carboxylic acid groups (broad SMARTS) is 1. The smallest absolute Gasteiger partial charge is 0.313 e. The van der Waals surface area contributed by atoms with Crippen molar-refractivity contribution in [1.29, 1.82) is 0 Å². The SMILES string of the molecule is COCCC(=O)Nc1cccc(CSCC(=O)O)c1. The number of nitrogens with one attached hydrogen (secondary N) is 1. The van der Waals surface area contributed by atoms with Gasteiger partial charge in [0.05, 0.1) is 18.8 Å². The number of thioether (sulfide) groups is 1. The predicted molar refractivity (Wildman–Crippen MR) is 75.4 cm³/mol. The molecule has 1 amide bonds. The molecule has 0 unspecified atom stereocenters. The minimum Gasteiger partial charge on any atom is -0.481 e. The van der Waals surface area contributed by atoms with Crippen LogP contribution >= 0.6 is 11.8 Å². The van der Waals surface area contributed by atoms with Crippen LogP contribution in [0.1, 0.15) is 12.0 Å². The van der Waals surface area contributed by atoms with E-state index in [9.17, 15) is 9.59 Å². The highest BCUT2D eigenvalue weighted by Gasteiger charge is 2.03. The predicted octanol–water partition coefficient (Wildman–Crippen LogP) is 1.98. The molecule has 104 valence electrons. The summed E-state index contributed by atoms with van der Waals surface area (Å²) in [5.74, 6) is -0.246. The number of hydrogen-bond acceptors (Lipinski definition) is 4. The Labute approximate surface area is 116 Å². The van der Waals surface area contributed by atoms with Crippen molar-refractivity contribution >= 4 is 29.3 Å². The fourth-order valence-electron chi connectivity index (χ4n) is 1.41. The Morgan fingerprint density at radius 3 is 2.89 bits per heavy atom. The lowest BCUT2D eigenvalue weighted by molar-refractivity contribution is -0.133. The monoisotopic (exact) mass is 283 g/mol. The summed E-state index contributed by atoms with van der Waals surface area (Å²) >= 11 is 1.32. The maximum atomic E-state index is 11.5. The van der Waals surface area contributed by atoms with Crippen molar-refractivity contribution in [2.75, 3.05) is 24.8 Å². The molecular formula is C13H17NO4S. The van der Waals surface area contributed by atoms with Gasteiger partial charge in [0.15, 0.2) is 0 Å². The van der Waals surface area contributed by atoms with E-state index in [-0.39, 0.29) is 11.7 Å². The zero-order chi connectivity index (χ0) is 14.1. The molecule has 0 radical (unpaired) electrons. The lowest BCUT2D eigenvalue weighted by Crippen LogP contribution is -2.13. The third-order valence-corrected chi connectivity index (χ3v) is 3.23. The number of hydrogen-bond donors (Lipinski definition) is 2. The summed E-state index contributed by atoms with van der Waals surface area (Å²) in [6.07, 6.45) is 0.314. The van der Waals surface area contributed by atoms with Crippen LogP contribution in [0.3, 0.4) is 0 Å². The molecule has 0 bridgehead atoms. The summed E-state index contributed by atoms with van der Waals surface area (Å²) in [5, 5.41) is 11.3. The minimum atomic E-state index is -0.825. The van der Waals surface area contributed by atoms with Gasteiger partial charge >= 0.3 is 5.97 Å². The molecule has 6 heteroatoms. The van der Waals surface area contributed by atoms with Gasteiger partial charge in [-0.05, 0) is 17.7 Å². The average molecular weight is 283 g/mol. The van der Waals surface area contributed by atoms with Gasteiger partial charge in [0.25, 0.3) is 0 Å². The first kappa shape index (κ1) is 15.5. The van der Waals surface area contributed by atoms with Crippen LogP contribution in [0.15, 0.2) is 24.3 Å². The normalized spacial score (nSPS) is 10.2. The molecule has 1 rings (SSSR count). The lowest BCUT2D eigenvalue weighted by atomic mass is 10.2. The highest BCUT2D eigenvalue weighted by atomic mass is 32.2. The van der Waals surface area contributed by atoms with Gasteiger partial charge in [0.2, 0.25) is 5.91 Å². The summed E-state index contributed by atoms with van der Waals surface area (Å²) < 4.78 is 4.83. The summed E-state index contributed by atoms with van der Waals surface area (Å²) in [5.41, 5.74) is 1.70. The zero-order valence-electron chi connectivity index (χ0n) is 10.7. The third kappa shape index (κ3) is 6.83. The van der Waals surface area contributed by atoms with Crippen molar-refractivity contribution in [2.24, 2.45) is 0 Å². The molecule has 0 aliphatic rings. The Balaban J connectivity index is 2.47. The molecule has 1 aromatic carbocycles. The van der Waals surface area contributed by atoms with Gasteiger partial charge in [-0.2, -0.15) is 0 Å². The Kier molecular flexibility index (Phi) is 6.99. The maximum absolute atomic E-state index is 11.5. The summed E-state index contributed by atoms with van der Waals surface area (Å²) in [6.45, 7) is 0.389. The quantitative estimate of drug-likeness (QED) is 0.763. The molecule has 2 N–H and O–H groups in total. The van der Waals surface area contributed by atoms with Crippen LogP contribution in [0.4, 0.5) is 5.69 Å². The first-order chi connectivity index (χ1) is 9.11. The molecule has 0 aliphatic heterocycles. The second-order valence-electron chi connectivity index (χ2n) is 3.88. The second kappa shape index (κ2) is 8.55. The van der Waals surface area contributed by atoms with Crippen LogP contribution in [0.2, 0.25) is 0 Å². The van der Waals surface area contributed by atoms with E-state index in [0.29, 0.717) is 18.8 Å². The molecule has 5 nitrogen and oxygen atoms in total. The van der Waals surface area contributed by atoms with Crippen LogP contribution in [-0.2, 0) is 20.1 Å². The van der Waals surface area contributed by atoms with Crippen LogP contribution < -0.4 is 5.32 Å². The van der Waals surface area contributed by atoms with E-state index in [1.54, 1.807) is 13.2 Å². The van der Waals surface area contributed by atoms with Gasteiger partial charge in [0.1, 0.15) is 0 Å². The third-order valence-electron chi connectivity index (χ3n) is 2.24. The number of methoxy groups -OCH3 is 1. The van der Waals surface area contributed by atoms with Gasteiger partial charge in [-0.3, -0.25) is 9.59 Å². The van der Waals surface area contributed by atoms with E-state index in [1.165, 1.54) is 11.8 Å². The molecule has 1 aromatic rings. The summed E-state index contributed by atoms with van der Waals surface area (Å²) in [6, 6.07) is 7.39. The van der Waals surface area contributed by atoms with Crippen LogP contribution in [0.5, 0.6) is 0 Å². The number of amides is 1. The van der Waals surface area contributed by atoms with Gasteiger partial charge in [-0.1, -0.05) is 12.1 Å². The van der Waals surface area contributed by atoms with Crippen LogP contribution in [0, 0.1) is 0 Å². The van der Waals surface area contributed by atoms with Crippen molar-refractivity contribution in [3.8, 4) is 0 Å². The molecule has 0 saturated carbocycles. The number of benzene rings is 1. The molecule has 0 atom stereocenters. The number of carbonyl (C=O) groups excluding carboxylic acids is 1. The summed E-state index contributed by atoms with van der Waals surface area (Å²) in [4.78, 5) is 21.9. The zero-order valence-corrected chi connectivity index (χ0v) is 11.5. The van der Waals surface area contributed by atoms with Gasteiger partial charge in [0, 0.05) is 18.6 Å². The number of rotatable bonds is 8. The average Bonchev–Trinajstić information content (AvgIpc) is 2.36. The van der Waals surface area contributed by atoms with Crippen molar-refractivity contribution in [1.82, 2.24) is 0 Å². The highest BCUT2D eigenvalue weighted by Crippen LogP contribution is 2.16. The highest BCUT2D eigenvalue weighted by molar-refractivity contribution is 7.99. The molecular weight excluding hydrogens is 266 g/mol. The molecule has 0 heterocycles. The molecule has 0 saturated heterocycles. The maximum Gasteiger partial charge on any atom is 0.313 e. The van der Waals surface area contributed by atoms with E-state index >= 15 is 0 Å². The first-order valence-corrected chi connectivity index (χ1v) is 6.94. The molecule has 0 fully saturated rings. The number of carbonyl (C=O) groups is 2. The fourth-order valence-corrected chi connectivity index (χ4v) is 2.11. The number of anilines is 1. The number of ether oxygens (including phenoxy) is 1. The fraction of sp³-hybridized carbons (Fsp3) is 0.385. The van der Waals surface area contributed by atoms with E-state index < -0.39 is 5.97 Å². The van der Waals surface area contributed by atoms with Crippen molar-refractivity contribution < 1.29 is 19.4 Å². The minimum absolute atomic E-state index is 0.0738. The topological polar surface area (TPSA) is 75.6 Å². The Bertz CT molecular complexity index is 436. The van der Waals surface area contributed by atoms with E-state index in [4.69, 9.17) is 9.84 Å². The standard InChI is InChI=1S/C13H17NO4S/c1-18-6-5-12(15)14-11-4-2-3-10(7-11)8-19-9-13(16)17/h2-4,7H,5-6,8-9H2,1H3,(H,14,15)(H,16,17). The largest absolute Gasteiger partial charge is 0.481 e. The van der Waals surface area contributed by atoms with E-state index in [2.05, 4.69) is 5.32 Å². The van der Waals surface area contributed by atoms with Gasteiger partial charge in [-0.25, -0.2) is 0 Å². The van der Waals surface area contributed by atoms with Gasteiger partial charge in [-0.15, -0.1) is 11.8 Å². The van der Waals surface area contributed by atoms with E-state index in [0.717, 1.165) is 11.3 Å². The molecule has 19 heavy (non-hydrogen) atoms. The summed E-state index contributed by atoms with van der Waals surface area (Å²) in [7, 11) is 1.55.